The van der Waals surface area contributed by atoms with Crippen LogP contribution >= 0.6 is 11.3 Å². The molecule has 1 aromatic carbocycles. The van der Waals surface area contributed by atoms with Crippen LogP contribution in [0.15, 0.2) is 30.3 Å². The molecule has 0 atom stereocenters. The summed E-state index contributed by atoms with van der Waals surface area (Å²) in [6.45, 7) is 2.56. The fourth-order valence-electron chi connectivity index (χ4n) is 2.60. The molecule has 2 amide bonds. The molecule has 1 saturated carbocycles. The lowest BCUT2D eigenvalue weighted by atomic mass is 10.1. The number of rotatable bonds is 7. The van der Waals surface area contributed by atoms with Crippen LogP contribution in [-0.4, -0.2) is 25.5 Å². The van der Waals surface area contributed by atoms with Gasteiger partial charge in [0.05, 0.1) is 17.0 Å². The largest absolute Gasteiger partial charge is 0.496 e. The van der Waals surface area contributed by atoms with Crippen molar-refractivity contribution in [1.29, 1.82) is 0 Å². The molecule has 1 aliphatic rings. The molecule has 1 heterocycles. The number of anilines is 1. The molecule has 0 spiro atoms. The van der Waals surface area contributed by atoms with E-state index in [9.17, 15) is 9.59 Å². The van der Waals surface area contributed by atoms with E-state index in [1.54, 1.807) is 19.2 Å². The summed E-state index contributed by atoms with van der Waals surface area (Å²) in [7, 11) is 1.65. The average Bonchev–Trinajstić information content (AvgIpc) is 3.35. The van der Waals surface area contributed by atoms with Crippen LogP contribution in [0, 0.1) is 12.8 Å². The smallest absolute Gasteiger partial charge is 0.261 e. The van der Waals surface area contributed by atoms with Gasteiger partial charge < -0.3 is 15.4 Å². The molecule has 0 unspecified atom stereocenters. The summed E-state index contributed by atoms with van der Waals surface area (Å²) in [6, 6.07) is 9.55. The fraction of sp³-hybridized carbons (Fsp3) is 0.368. The molecular weight excluding hydrogens is 336 g/mol. The molecule has 25 heavy (non-hydrogen) atoms. The molecule has 1 fully saturated rings. The van der Waals surface area contributed by atoms with E-state index in [1.807, 2.05) is 19.1 Å². The highest BCUT2D eigenvalue weighted by Crippen LogP contribution is 2.31. The van der Waals surface area contributed by atoms with Crippen molar-refractivity contribution < 1.29 is 14.3 Å². The Kier molecular flexibility index (Phi) is 5.38. The zero-order valence-corrected chi connectivity index (χ0v) is 15.2. The fourth-order valence-corrected chi connectivity index (χ4v) is 3.42. The maximum absolute atomic E-state index is 12.3. The zero-order valence-electron chi connectivity index (χ0n) is 14.4. The molecule has 1 aliphatic carbocycles. The molecule has 0 radical (unpaired) electrons. The van der Waals surface area contributed by atoms with Gasteiger partial charge in [0.2, 0.25) is 5.91 Å². The molecule has 0 aliphatic heterocycles. The first-order valence-electron chi connectivity index (χ1n) is 8.39. The molecule has 2 aromatic rings. The predicted molar refractivity (Wildman–Crippen MR) is 99.4 cm³/mol. The third-order valence-electron chi connectivity index (χ3n) is 4.14. The van der Waals surface area contributed by atoms with Crippen LogP contribution in [0.25, 0.3) is 0 Å². The number of hydrogen-bond acceptors (Lipinski definition) is 4. The molecule has 5 nitrogen and oxygen atoms in total. The standard InChI is InChI=1S/C19H22N2O3S/c1-12-3-6-15(24-2)14(11-12)9-10-20-19(23)16-7-8-17(25-16)21-18(22)13-4-5-13/h3,6-8,11,13H,4-5,9-10H2,1-2H3,(H,20,23)(H,21,22). The molecule has 1 aromatic heterocycles. The van der Waals surface area contributed by atoms with Gasteiger partial charge in [-0.2, -0.15) is 0 Å². The minimum atomic E-state index is -0.122. The minimum absolute atomic E-state index is 0.0559. The molecule has 0 saturated heterocycles. The Morgan fingerprint density at radius 2 is 2.04 bits per heavy atom. The molecule has 0 bridgehead atoms. The summed E-state index contributed by atoms with van der Waals surface area (Å²) in [6.07, 6.45) is 2.63. The third-order valence-corrected chi connectivity index (χ3v) is 5.14. The number of ether oxygens (including phenoxy) is 1. The normalized spacial score (nSPS) is 13.4. The molecule has 2 N–H and O–H groups in total. The Bertz CT molecular complexity index is 781. The van der Waals surface area contributed by atoms with Crippen LogP contribution in [0.5, 0.6) is 5.75 Å². The minimum Gasteiger partial charge on any atom is -0.496 e. The van der Waals surface area contributed by atoms with Crippen LogP contribution in [0.3, 0.4) is 0 Å². The predicted octanol–water partition coefficient (Wildman–Crippen LogP) is 3.39. The lowest BCUT2D eigenvalue weighted by Crippen LogP contribution is -2.25. The van der Waals surface area contributed by atoms with E-state index in [2.05, 4.69) is 16.7 Å². The Morgan fingerprint density at radius 1 is 1.24 bits per heavy atom. The van der Waals surface area contributed by atoms with Crippen molar-refractivity contribution in [3.63, 3.8) is 0 Å². The van der Waals surface area contributed by atoms with E-state index >= 15 is 0 Å². The highest BCUT2D eigenvalue weighted by Gasteiger charge is 2.29. The van der Waals surface area contributed by atoms with Gasteiger partial charge in [-0.1, -0.05) is 17.7 Å². The number of thiophene rings is 1. The molecule has 6 heteroatoms. The second-order valence-electron chi connectivity index (χ2n) is 6.25. The van der Waals surface area contributed by atoms with Crippen molar-refractivity contribution >= 4 is 28.2 Å². The number of amides is 2. The summed E-state index contributed by atoms with van der Waals surface area (Å²) in [5, 5.41) is 6.51. The zero-order chi connectivity index (χ0) is 17.8. The first-order chi connectivity index (χ1) is 12.1. The topological polar surface area (TPSA) is 67.4 Å². The highest BCUT2D eigenvalue weighted by molar-refractivity contribution is 7.18. The molecule has 132 valence electrons. The van der Waals surface area contributed by atoms with Crippen LogP contribution in [0.4, 0.5) is 5.00 Å². The number of hydrogen-bond donors (Lipinski definition) is 2. The Labute approximate surface area is 151 Å². The van der Waals surface area contributed by atoms with Gasteiger partial charge in [-0.3, -0.25) is 9.59 Å². The SMILES string of the molecule is COc1ccc(C)cc1CCNC(=O)c1ccc(NC(=O)C2CC2)s1. The number of aryl methyl sites for hydroxylation is 1. The lowest BCUT2D eigenvalue weighted by molar-refractivity contribution is -0.117. The third kappa shape index (κ3) is 4.60. The summed E-state index contributed by atoms with van der Waals surface area (Å²) in [4.78, 5) is 24.6. The Morgan fingerprint density at radius 3 is 2.76 bits per heavy atom. The van der Waals surface area contributed by atoms with Crippen LogP contribution < -0.4 is 15.4 Å². The highest BCUT2D eigenvalue weighted by atomic mass is 32.1. The van der Waals surface area contributed by atoms with Crippen LogP contribution in [-0.2, 0) is 11.2 Å². The van der Waals surface area contributed by atoms with Crippen molar-refractivity contribution in [1.82, 2.24) is 5.32 Å². The van der Waals surface area contributed by atoms with Gasteiger partial charge in [0.1, 0.15) is 5.75 Å². The summed E-state index contributed by atoms with van der Waals surface area (Å²) >= 11 is 1.30. The van der Waals surface area contributed by atoms with Gasteiger partial charge in [0.15, 0.2) is 0 Å². The summed E-state index contributed by atoms with van der Waals surface area (Å²) < 4.78 is 5.36. The summed E-state index contributed by atoms with van der Waals surface area (Å²) in [5.41, 5.74) is 2.24. The second-order valence-corrected chi connectivity index (χ2v) is 7.33. The Balaban J connectivity index is 1.52. The number of benzene rings is 1. The van der Waals surface area contributed by atoms with Crippen LogP contribution in [0.2, 0.25) is 0 Å². The van der Waals surface area contributed by atoms with E-state index in [1.165, 1.54) is 11.3 Å². The van der Waals surface area contributed by atoms with Crippen molar-refractivity contribution in [2.24, 2.45) is 5.92 Å². The van der Waals surface area contributed by atoms with Crippen molar-refractivity contribution in [3.05, 3.63) is 46.3 Å². The van der Waals surface area contributed by atoms with E-state index in [-0.39, 0.29) is 17.7 Å². The second kappa shape index (κ2) is 7.70. The maximum atomic E-state index is 12.3. The van der Waals surface area contributed by atoms with Crippen molar-refractivity contribution in [2.75, 3.05) is 19.0 Å². The number of methoxy groups -OCH3 is 1. The van der Waals surface area contributed by atoms with Crippen LogP contribution in [0.1, 0.15) is 33.6 Å². The monoisotopic (exact) mass is 358 g/mol. The number of carbonyl (C=O) groups excluding carboxylic acids is 2. The summed E-state index contributed by atoms with van der Waals surface area (Å²) in [5.74, 6) is 0.925. The first-order valence-corrected chi connectivity index (χ1v) is 9.21. The van der Waals surface area contributed by atoms with E-state index < -0.39 is 0 Å². The van der Waals surface area contributed by atoms with E-state index in [4.69, 9.17) is 4.74 Å². The van der Waals surface area contributed by atoms with Gasteiger partial charge in [0.25, 0.3) is 5.91 Å². The van der Waals surface area contributed by atoms with Gasteiger partial charge in [-0.25, -0.2) is 0 Å². The number of nitrogens with one attached hydrogen (secondary N) is 2. The van der Waals surface area contributed by atoms with Gasteiger partial charge in [0, 0.05) is 12.5 Å². The first kappa shape index (κ1) is 17.5. The lowest BCUT2D eigenvalue weighted by Gasteiger charge is -2.10. The van der Waals surface area contributed by atoms with E-state index in [0.717, 1.165) is 34.7 Å². The van der Waals surface area contributed by atoms with E-state index in [0.29, 0.717) is 17.8 Å². The van der Waals surface area contributed by atoms with Crippen molar-refractivity contribution in [3.8, 4) is 5.75 Å². The van der Waals surface area contributed by atoms with Crippen molar-refractivity contribution in [2.45, 2.75) is 26.2 Å². The molecule has 3 rings (SSSR count). The Hall–Kier alpha value is -2.34. The maximum Gasteiger partial charge on any atom is 0.261 e. The molecular formula is C19H22N2O3S. The van der Waals surface area contributed by atoms with Gasteiger partial charge >= 0.3 is 0 Å². The average molecular weight is 358 g/mol. The van der Waals surface area contributed by atoms with Gasteiger partial charge in [-0.05, 0) is 49.9 Å². The quantitative estimate of drug-likeness (QED) is 0.797. The van der Waals surface area contributed by atoms with Gasteiger partial charge in [-0.15, -0.1) is 11.3 Å². The number of carbonyl (C=O) groups is 2.